The van der Waals surface area contributed by atoms with Crippen molar-refractivity contribution in [2.24, 2.45) is 0 Å². The summed E-state index contributed by atoms with van der Waals surface area (Å²) in [4.78, 5) is 33.8. The van der Waals surface area contributed by atoms with Crippen LogP contribution in [0, 0.1) is 0 Å². The third-order valence-corrected chi connectivity index (χ3v) is 8.04. The van der Waals surface area contributed by atoms with Gasteiger partial charge in [0.25, 0.3) is 0 Å². The zero-order valence-electron chi connectivity index (χ0n) is 24.0. The number of carboxylic acid groups (broad SMARTS) is 1. The minimum Gasteiger partial charge on any atom is -0.492 e. The van der Waals surface area contributed by atoms with Gasteiger partial charge in [0.1, 0.15) is 24.2 Å². The van der Waals surface area contributed by atoms with Gasteiger partial charge in [-0.25, -0.2) is 14.6 Å². The summed E-state index contributed by atoms with van der Waals surface area (Å²) in [6.45, 7) is 7.58. The minimum atomic E-state index is -1.000. The van der Waals surface area contributed by atoms with Crippen LogP contribution >= 0.6 is 0 Å². The SMILES string of the molecule is C[C@@H]1CC[C@H](C)N1C(=O)N[C@@H](CCN(CCCCc1ccc2c(n1)NCCC2)CCOc1ccccc1)C(=O)O. The molecule has 3 heterocycles. The number of anilines is 1. The summed E-state index contributed by atoms with van der Waals surface area (Å²) >= 11 is 0. The Kier molecular flexibility index (Phi) is 11.0. The molecule has 4 rings (SSSR count). The van der Waals surface area contributed by atoms with Crippen molar-refractivity contribution >= 4 is 17.8 Å². The molecule has 2 aliphatic rings. The third-order valence-electron chi connectivity index (χ3n) is 8.04. The van der Waals surface area contributed by atoms with Crippen molar-refractivity contribution in [1.29, 1.82) is 0 Å². The Labute approximate surface area is 238 Å². The number of ether oxygens (including phenoxy) is 1. The quantitative estimate of drug-likeness (QED) is 0.295. The number of hydrogen-bond acceptors (Lipinski definition) is 6. The van der Waals surface area contributed by atoms with Gasteiger partial charge in [0.2, 0.25) is 0 Å². The summed E-state index contributed by atoms with van der Waals surface area (Å²) in [5.74, 6) is 0.849. The van der Waals surface area contributed by atoms with Crippen LogP contribution in [0.25, 0.3) is 0 Å². The molecule has 9 heteroatoms. The van der Waals surface area contributed by atoms with Gasteiger partial charge in [-0.3, -0.25) is 4.90 Å². The lowest BCUT2D eigenvalue weighted by molar-refractivity contribution is -0.139. The lowest BCUT2D eigenvalue weighted by atomic mass is 10.1. The van der Waals surface area contributed by atoms with Gasteiger partial charge < -0.3 is 25.4 Å². The van der Waals surface area contributed by atoms with E-state index in [9.17, 15) is 14.7 Å². The van der Waals surface area contributed by atoms with Gasteiger partial charge in [-0.15, -0.1) is 0 Å². The largest absolute Gasteiger partial charge is 0.492 e. The molecule has 0 saturated carbocycles. The molecular weight excluding hydrogens is 506 g/mol. The van der Waals surface area contributed by atoms with E-state index in [0.717, 1.165) is 75.3 Å². The number of rotatable bonds is 14. The van der Waals surface area contributed by atoms with E-state index in [4.69, 9.17) is 9.72 Å². The van der Waals surface area contributed by atoms with Gasteiger partial charge in [-0.05, 0) is 95.5 Å². The molecule has 0 radical (unpaired) electrons. The fourth-order valence-corrected chi connectivity index (χ4v) is 5.68. The zero-order valence-corrected chi connectivity index (χ0v) is 24.0. The number of carbonyl (C=O) groups is 2. The number of amides is 2. The molecule has 9 nitrogen and oxygen atoms in total. The van der Waals surface area contributed by atoms with E-state index in [1.165, 1.54) is 5.56 Å². The second kappa shape index (κ2) is 14.9. The Balaban J connectivity index is 1.29. The topological polar surface area (TPSA) is 107 Å². The number of aryl methyl sites for hydroxylation is 2. The monoisotopic (exact) mass is 551 g/mol. The fraction of sp³-hybridized carbons (Fsp3) is 0.581. The first-order chi connectivity index (χ1) is 19.4. The maximum atomic E-state index is 12.9. The molecule has 1 aromatic heterocycles. The van der Waals surface area contributed by atoms with Crippen LogP contribution < -0.4 is 15.4 Å². The second-order valence-corrected chi connectivity index (χ2v) is 11.1. The number of pyridine rings is 1. The second-order valence-electron chi connectivity index (χ2n) is 11.1. The normalized spacial score (nSPS) is 19.1. The van der Waals surface area contributed by atoms with Crippen LogP contribution in [0.15, 0.2) is 42.5 Å². The van der Waals surface area contributed by atoms with Crippen LogP contribution in [0.1, 0.15) is 63.6 Å². The minimum absolute atomic E-state index is 0.122. The molecule has 1 aromatic carbocycles. The number of fused-ring (bicyclic) bond motifs is 1. The molecule has 2 aliphatic heterocycles. The Bertz CT molecular complexity index is 1090. The number of likely N-dealkylation sites (tertiary alicyclic amines) is 1. The highest BCUT2D eigenvalue weighted by atomic mass is 16.5. The van der Waals surface area contributed by atoms with E-state index in [0.29, 0.717) is 26.1 Å². The highest BCUT2D eigenvalue weighted by Gasteiger charge is 2.33. The summed E-state index contributed by atoms with van der Waals surface area (Å²) in [5, 5.41) is 16.1. The van der Waals surface area contributed by atoms with Gasteiger partial charge in [0, 0.05) is 37.4 Å². The van der Waals surface area contributed by atoms with E-state index >= 15 is 0 Å². The van der Waals surface area contributed by atoms with Crippen molar-refractivity contribution in [3.63, 3.8) is 0 Å². The molecule has 1 fully saturated rings. The average molecular weight is 552 g/mol. The molecule has 2 aromatic rings. The molecule has 3 atom stereocenters. The standard InChI is InChI=1S/C31H45N5O4/c1-23-13-14-24(2)36(23)31(39)34-28(30(37)38)17-20-35(21-22-40-27-11-4-3-5-12-27)19-7-6-10-26-16-15-25-9-8-18-32-29(25)33-26/h3-5,11-12,15-16,23-24,28H,6-10,13-14,17-22H2,1-2H3,(H,32,33)(H,34,39)(H,37,38)/t23-,24+,28-/m0/s1. The number of urea groups is 1. The molecule has 0 aliphatic carbocycles. The highest BCUT2D eigenvalue weighted by Crippen LogP contribution is 2.23. The van der Waals surface area contributed by atoms with Gasteiger partial charge >= 0.3 is 12.0 Å². The van der Waals surface area contributed by atoms with Crippen molar-refractivity contribution in [2.75, 3.05) is 38.1 Å². The number of nitrogens with zero attached hydrogens (tertiary/aromatic N) is 3. The average Bonchev–Trinajstić information content (AvgIpc) is 3.30. The lowest BCUT2D eigenvalue weighted by Gasteiger charge is -2.29. The lowest BCUT2D eigenvalue weighted by Crippen LogP contribution is -2.51. The van der Waals surface area contributed by atoms with E-state index in [2.05, 4.69) is 27.7 Å². The van der Waals surface area contributed by atoms with Crippen molar-refractivity contribution in [1.82, 2.24) is 20.1 Å². The van der Waals surface area contributed by atoms with Gasteiger partial charge in [-0.2, -0.15) is 0 Å². The van der Waals surface area contributed by atoms with Gasteiger partial charge in [0.15, 0.2) is 0 Å². The van der Waals surface area contributed by atoms with Crippen LogP contribution in [-0.2, 0) is 17.6 Å². The molecule has 0 bridgehead atoms. The highest BCUT2D eigenvalue weighted by molar-refractivity contribution is 5.83. The number of para-hydroxylation sites is 1. The Morgan fingerprint density at radius 2 is 1.88 bits per heavy atom. The summed E-state index contributed by atoms with van der Waals surface area (Å²) in [7, 11) is 0. The van der Waals surface area contributed by atoms with E-state index < -0.39 is 12.0 Å². The molecular formula is C31H45N5O4. The number of benzene rings is 1. The van der Waals surface area contributed by atoms with Crippen LogP contribution in [0.3, 0.4) is 0 Å². The van der Waals surface area contributed by atoms with Gasteiger partial charge in [-0.1, -0.05) is 24.3 Å². The molecule has 218 valence electrons. The number of aromatic nitrogens is 1. The van der Waals surface area contributed by atoms with Crippen molar-refractivity contribution < 1.29 is 19.4 Å². The van der Waals surface area contributed by atoms with Crippen LogP contribution in [0.5, 0.6) is 5.75 Å². The smallest absolute Gasteiger partial charge is 0.326 e. The van der Waals surface area contributed by atoms with Crippen LogP contribution in [0.4, 0.5) is 10.6 Å². The summed E-state index contributed by atoms with van der Waals surface area (Å²) < 4.78 is 5.92. The van der Waals surface area contributed by atoms with Crippen molar-refractivity contribution in [3.05, 3.63) is 53.7 Å². The molecule has 0 unspecified atom stereocenters. The fourth-order valence-electron chi connectivity index (χ4n) is 5.68. The summed E-state index contributed by atoms with van der Waals surface area (Å²) in [6.07, 6.45) is 7.32. The van der Waals surface area contributed by atoms with Crippen molar-refractivity contribution in [2.45, 2.75) is 83.3 Å². The maximum absolute atomic E-state index is 12.9. The summed E-state index contributed by atoms with van der Waals surface area (Å²) in [5.41, 5.74) is 2.40. The van der Waals surface area contributed by atoms with Crippen LogP contribution in [-0.4, -0.2) is 82.8 Å². The van der Waals surface area contributed by atoms with Crippen molar-refractivity contribution in [3.8, 4) is 5.75 Å². The summed E-state index contributed by atoms with van der Waals surface area (Å²) in [6, 6.07) is 13.1. The predicted octanol–water partition coefficient (Wildman–Crippen LogP) is 4.57. The third kappa shape index (κ3) is 8.58. The number of hydrogen-bond donors (Lipinski definition) is 3. The molecule has 1 saturated heterocycles. The van der Waals surface area contributed by atoms with E-state index in [1.807, 2.05) is 44.2 Å². The number of carboxylic acids is 1. The van der Waals surface area contributed by atoms with E-state index in [1.54, 1.807) is 4.90 Å². The first-order valence-corrected chi connectivity index (χ1v) is 14.8. The molecule has 2 amide bonds. The zero-order chi connectivity index (χ0) is 28.3. The Hall–Kier alpha value is -3.33. The molecule has 40 heavy (non-hydrogen) atoms. The first-order valence-electron chi connectivity index (χ1n) is 14.8. The number of aliphatic carboxylic acids is 1. The molecule has 0 spiro atoms. The first kappa shape index (κ1) is 29.6. The van der Waals surface area contributed by atoms with E-state index in [-0.39, 0.29) is 18.1 Å². The Morgan fingerprint density at radius 1 is 1.10 bits per heavy atom. The number of unbranched alkanes of at least 4 members (excludes halogenated alkanes) is 1. The molecule has 3 N–H and O–H groups in total. The number of nitrogens with one attached hydrogen (secondary N) is 2. The maximum Gasteiger partial charge on any atom is 0.326 e. The Morgan fingerprint density at radius 3 is 2.62 bits per heavy atom. The predicted molar refractivity (Wildman–Crippen MR) is 157 cm³/mol. The van der Waals surface area contributed by atoms with Crippen LogP contribution in [0.2, 0.25) is 0 Å². The number of carbonyl (C=O) groups excluding carboxylic acids is 1. The van der Waals surface area contributed by atoms with Gasteiger partial charge in [0.05, 0.1) is 0 Å².